The number of carbonyl (C=O) groups excluding carboxylic acids is 1. The summed E-state index contributed by atoms with van der Waals surface area (Å²) >= 11 is 0. The molecule has 0 aromatic heterocycles. The highest BCUT2D eigenvalue weighted by Crippen LogP contribution is 2.17. The van der Waals surface area contributed by atoms with Crippen LogP contribution in [0.5, 0.6) is 0 Å². The molecule has 122 valence electrons. The van der Waals surface area contributed by atoms with Crippen molar-refractivity contribution in [2.75, 3.05) is 0 Å². The van der Waals surface area contributed by atoms with Crippen molar-refractivity contribution >= 4 is 22.8 Å². The molecule has 23 heavy (non-hydrogen) atoms. The molecule has 0 saturated carbocycles. The van der Waals surface area contributed by atoms with Gasteiger partial charge in [0.2, 0.25) is 0 Å². The molecule has 0 saturated heterocycles. The number of carbonyl (C=O) groups is 2. The van der Waals surface area contributed by atoms with E-state index in [-0.39, 0.29) is 6.42 Å². The first-order chi connectivity index (χ1) is 10.7. The summed E-state index contributed by atoms with van der Waals surface area (Å²) in [5, 5.41) is 13.9. The minimum absolute atomic E-state index is 0.194. The van der Waals surface area contributed by atoms with Crippen molar-refractivity contribution in [1.82, 2.24) is 5.32 Å². The van der Waals surface area contributed by atoms with Gasteiger partial charge in [0, 0.05) is 6.42 Å². The third kappa shape index (κ3) is 4.98. The molecule has 1 amide bonds. The van der Waals surface area contributed by atoms with E-state index in [2.05, 4.69) is 5.32 Å². The van der Waals surface area contributed by atoms with Crippen LogP contribution in [0.2, 0.25) is 0 Å². The van der Waals surface area contributed by atoms with Crippen molar-refractivity contribution in [3.63, 3.8) is 0 Å². The molecule has 0 aliphatic rings. The number of hydrogen-bond acceptors (Lipinski definition) is 3. The number of benzene rings is 2. The van der Waals surface area contributed by atoms with Crippen molar-refractivity contribution in [2.45, 2.75) is 38.8 Å². The highest BCUT2D eigenvalue weighted by molar-refractivity contribution is 5.84. The molecule has 0 unspecified atom stereocenters. The smallest absolute Gasteiger partial charge is 0.408 e. The summed E-state index contributed by atoms with van der Waals surface area (Å²) in [6.45, 7) is 5.18. The molecule has 5 heteroatoms. The van der Waals surface area contributed by atoms with Gasteiger partial charge in [0.1, 0.15) is 11.6 Å². The number of hydrogen-bond donors (Lipinski definition) is 2. The number of carboxylic acids is 1. The Labute approximate surface area is 135 Å². The summed E-state index contributed by atoms with van der Waals surface area (Å²) in [6, 6.07) is 12.5. The monoisotopic (exact) mass is 315 g/mol. The Hall–Kier alpha value is -2.56. The van der Waals surface area contributed by atoms with Crippen LogP contribution in [0.4, 0.5) is 4.79 Å². The minimum atomic E-state index is -1.09. The molecule has 0 bridgehead atoms. The van der Waals surface area contributed by atoms with Gasteiger partial charge in [0.05, 0.1) is 0 Å². The van der Waals surface area contributed by atoms with E-state index in [0.717, 1.165) is 16.3 Å². The van der Waals surface area contributed by atoms with E-state index in [4.69, 9.17) is 4.74 Å². The number of amides is 1. The first-order valence-corrected chi connectivity index (χ1v) is 7.44. The van der Waals surface area contributed by atoms with Gasteiger partial charge in [-0.25, -0.2) is 9.59 Å². The first-order valence-electron chi connectivity index (χ1n) is 7.44. The normalized spacial score (nSPS) is 12.7. The van der Waals surface area contributed by atoms with Crippen LogP contribution in [0.3, 0.4) is 0 Å². The van der Waals surface area contributed by atoms with Crippen molar-refractivity contribution < 1.29 is 19.4 Å². The van der Waals surface area contributed by atoms with Crippen LogP contribution in [0, 0.1) is 0 Å². The second-order valence-electron chi connectivity index (χ2n) is 6.42. The molecular formula is C18H21NO4. The van der Waals surface area contributed by atoms with Crippen molar-refractivity contribution in [3.05, 3.63) is 48.0 Å². The molecule has 2 rings (SSSR count). The fourth-order valence-electron chi connectivity index (χ4n) is 2.25. The molecule has 0 radical (unpaired) electrons. The number of fused-ring (bicyclic) bond motifs is 1. The topological polar surface area (TPSA) is 75.6 Å². The second-order valence-corrected chi connectivity index (χ2v) is 6.42. The molecule has 2 aromatic carbocycles. The van der Waals surface area contributed by atoms with Gasteiger partial charge in [-0.05, 0) is 37.1 Å². The fraction of sp³-hybridized carbons (Fsp3) is 0.333. The number of aliphatic carboxylic acids is 1. The zero-order chi connectivity index (χ0) is 17.0. The number of ether oxygens (including phenoxy) is 1. The molecule has 0 fully saturated rings. The van der Waals surface area contributed by atoms with E-state index in [1.165, 1.54) is 0 Å². The summed E-state index contributed by atoms with van der Waals surface area (Å²) in [5.41, 5.74) is 0.169. The number of carboxylic acid groups (broad SMARTS) is 1. The van der Waals surface area contributed by atoms with Crippen molar-refractivity contribution in [3.8, 4) is 0 Å². The van der Waals surface area contributed by atoms with Crippen LogP contribution in [0.1, 0.15) is 26.3 Å². The second kappa shape index (κ2) is 6.69. The molecule has 0 aliphatic carbocycles. The lowest BCUT2D eigenvalue weighted by atomic mass is 10.0. The minimum Gasteiger partial charge on any atom is -0.480 e. The van der Waals surface area contributed by atoms with Gasteiger partial charge in [-0.2, -0.15) is 0 Å². The zero-order valence-corrected chi connectivity index (χ0v) is 13.5. The van der Waals surface area contributed by atoms with Crippen molar-refractivity contribution in [2.24, 2.45) is 0 Å². The van der Waals surface area contributed by atoms with E-state index in [0.29, 0.717) is 0 Å². The van der Waals surface area contributed by atoms with Gasteiger partial charge >= 0.3 is 12.1 Å². The lowest BCUT2D eigenvalue weighted by Crippen LogP contribution is -2.44. The molecule has 2 aromatic rings. The lowest BCUT2D eigenvalue weighted by Gasteiger charge is -2.22. The predicted molar refractivity (Wildman–Crippen MR) is 88.4 cm³/mol. The zero-order valence-electron chi connectivity index (χ0n) is 13.5. The van der Waals surface area contributed by atoms with Crippen LogP contribution in [-0.2, 0) is 16.0 Å². The Kier molecular flexibility index (Phi) is 4.89. The van der Waals surface area contributed by atoms with Crippen LogP contribution < -0.4 is 5.32 Å². The highest BCUT2D eigenvalue weighted by Gasteiger charge is 2.24. The van der Waals surface area contributed by atoms with Crippen LogP contribution in [-0.4, -0.2) is 28.8 Å². The standard InChI is InChI=1S/C18H21NO4/c1-18(2,3)23-17(22)19-15(16(20)21)11-12-8-9-13-6-4-5-7-14(13)10-12/h4-10,15H,11H2,1-3H3,(H,19,22)(H,20,21)/t15-/m0/s1. The average Bonchev–Trinajstić information content (AvgIpc) is 2.44. The molecule has 0 aliphatic heterocycles. The van der Waals surface area contributed by atoms with Gasteiger partial charge in [0.25, 0.3) is 0 Å². The van der Waals surface area contributed by atoms with Gasteiger partial charge in [-0.1, -0.05) is 42.5 Å². The number of rotatable bonds is 4. The van der Waals surface area contributed by atoms with Gasteiger partial charge in [-0.15, -0.1) is 0 Å². The Bertz CT molecular complexity index is 718. The van der Waals surface area contributed by atoms with Crippen LogP contribution >= 0.6 is 0 Å². The Morgan fingerprint density at radius 2 is 1.78 bits per heavy atom. The molecule has 0 spiro atoms. The third-order valence-electron chi connectivity index (χ3n) is 3.24. The van der Waals surface area contributed by atoms with Crippen molar-refractivity contribution in [1.29, 1.82) is 0 Å². The fourth-order valence-corrected chi connectivity index (χ4v) is 2.25. The predicted octanol–water partition coefficient (Wildman–Crippen LogP) is 3.36. The third-order valence-corrected chi connectivity index (χ3v) is 3.24. The van der Waals surface area contributed by atoms with Gasteiger partial charge < -0.3 is 15.2 Å². The van der Waals surface area contributed by atoms with E-state index in [1.54, 1.807) is 20.8 Å². The van der Waals surface area contributed by atoms with E-state index < -0.39 is 23.7 Å². The summed E-state index contributed by atoms with van der Waals surface area (Å²) in [4.78, 5) is 23.2. The van der Waals surface area contributed by atoms with E-state index >= 15 is 0 Å². The lowest BCUT2D eigenvalue weighted by molar-refractivity contribution is -0.139. The SMILES string of the molecule is CC(C)(C)OC(=O)N[C@@H](Cc1ccc2ccccc2c1)C(=O)O. The average molecular weight is 315 g/mol. The van der Waals surface area contributed by atoms with Crippen LogP contribution in [0.25, 0.3) is 10.8 Å². The summed E-state index contributed by atoms with van der Waals surface area (Å²) in [7, 11) is 0. The molecule has 0 heterocycles. The molecular weight excluding hydrogens is 294 g/mol. The number of nitrogens with one attached hydrogen (secondary N) is 1. The maximum Gasteiger partial charge on any atom is 0.408 e. The first kappa shape index (κ1) is 16.8. The van der Waals surface area contributed by atoms with Gasteiger partial charge in [0.15, 0.2) is 0 Å². The molecule has 5 nitrogen and oxygen atoms in total. The Balaban J connectivity index is 2.11. The van der Waals surface area contributed by atoms with E-state index in [1.807, 2.05) is 42.5 Å². The summed E-state index contributed by atoms with van der Waals surface area (Å²) < 4.78 is 5.11. The molecule has 1 atom stereocenters. The summed E-state index contributed by atoms with van der Waals surface area (Å²) in [6.07, 6.45) is -0.537. The Morgan fingerprint density at radius 3 is 2.39 bits per heavy atom. The quantitative estimate of drug-likeness (QED) is 0.907. The largest absolute Gasteiger partial charge is 0.480 e. The summed E-state index contributed by atoms with van der Waals surface area (Å²) in [5.74, 6) is -1.09. The molecule has 2 N–H and O–H groups in total. The Morgan fingerprint density at radius 1 is 1.13 bits per heavy atom. The number of alkyl carbamates (subject to hydrolysis) is 1. The maximum absolute atomic E-state index is 11.8. The van der Waals surface area contributed by atoms with Gasteiger partial charge in [-0.3, -0.25) is 0 Å². The highest BCUT2D eigenvalue weighted by atomic mass is 16.6. The maximum atomic E-state index is 11.8. The van der Waals surface area contributed by atoms with E-state index in [9.17, 15) is 14.7 Å². The van der Waals surface area contributed by atoms with Crippen LogP contribution in [0.15, 0.2) is 42.5 Å².